The van der Waals surface area contributed by atoms with E-state index in [1.165, 1.54) is 32.1 Å². The monoisotopic (exact) mass is 323 g/mol. The third-order valence-corrected chi connectivity index (χ3v) is 4.73. The average molecular weight is 324 g/mol. The smallest absolute Gasteiger partial charge is 0.0566 e. The molecule has 1 N–H and O–H groups in total. The summed E-state index contributed by atoms with van der Waals surface area (Å²) in [6, 6.07) is 21.9. The maximum Gasteiger partial charge on any atom is 0.0566 e. The lowest BCUT2D eigenvalue weighted by molar-refractivity contribution is 0.820. The third-order valence-electron chi connectivity index (χ3n) is 4.01. The van der Waals surface area contributed by atoms with E-state index in [0.29, 0.717) is 6.04 Å². The van der Waals surface area contributed by atoms with Gasteiger partial charge in [-0.15, -0.1) is 0 Å². The van der Waals surface area contributed by atoms with Crippen LogP contribution in [0.5, 0.6) is 0 Å². The lowest BCUT2D eigenvalue weighted by Gasteiger charge is -2.13. The largest absolute Gasteiger partial charge is 0.378 e. The third kappa shape index (κ3) is 1.92. The first-order valence-corrected chi connectivity index (χ1v) is 7.63. The van der Waals surface area contributed by atoms with E-state index in [2.05, 4.69) is 81.9 Å². The van der Waals surface area contributed by atoms with Crippen molar-refractivity contribution < 1.29 is 0 Å². The molecule has 4 rings (SSSR count). The van der Waals surface area contributed by atoms with E-state index in [1.54, 1.807) is 0 Å². The van der Waals surface area contributed by atoms with Crippen molar-refractivity contribution in [1.29, 1.82) is 0 Å². The van der Waals surface area contributed by atoms with Gasteiger partial charge in [0.25, 0.3) is 0 Å². The summed E-state index contributed by atoms with van der Waals surface area (Å²) in [5.41, 5.74) is 4.00. The van der Waals surface area contributed by atoms with Gasteiger partial charge in [-0.05, 0) is 46.5 Å². The first kappa shape index (κ1) is 12.0. The molecular formula is C18H14BrN. The minimum absolute atomic E-state index is 0.359. The zero-order chi connectivity index (χ0) is 13.5. The van der Waals surface area contributed by atoms with Gasteiger partial charge in [0.05, 0.1) is 6.04 Å². The Kier molecular flexibility index (Phi) is 2.78. The number of fused-ring (bicyclic) bond motifs is 2. The molecule has 1 aliphatic heterocycles. The molecule has 0 amide bonds. The number of benzene rings is 3. The van der Waals surface area contributed by atoms with Crippen molar-refractivity contribution in [3.63, 3.8) is 0 Å². The summed E-state index contributed by atoms with van der Waals surface area (Å²) in [5, 5.41) is 6.27. The standard InChI is InChI=1S/C18H14BrN/c19-16-8-4-3-7-15(16)18-11-14-9-12-5-1-2-6-13(12)10-17(14)20-18/h1-10,18,20H,11H2. The highest BCUT2D eigenvalue weighted by Crippen LogP contribution is 2.38. The molecule has 1 atom stereocenters. The Hall–Kier alpha value is -1.80. The fraction of sp³-hybridized carbons (Fsp3) is 0.111. The molecule has 0 bridgehead atoms. The van der Waals surface area contributed by atoms with Crippen LogP contribution in [0.25, 0.3) is 10.8 Å². The molecule has 0 radical (unpaired) electrons. The van der Waals surface area contributed by atoms with Gasteiger partial charge in [-0.25, -0.2) is 0 Å². The quantitative estimate of drug-likeness (QED) is 0.639. The Labute approximate surface area is 126 Å². The lowest BCUT2D eigenvalue weighted by atomic mass is 10.0. The van der Waals surface area contributed by atoms with E-state index < -0.39 is 0 Å². The van der Waals surface area contributed by atoms with Crippen LogP contribution in [0.1, 0.15) is 17.2 Å². The fourth-order valence-electron chi connectivity index (χ4n) is 2.99. The zero-order valence-electron chi connectivity index (χ0n) is 10.9. The molecular weight excluding hydrogens is 310 g/mol. The molecule has 2 heteroatoms. The van der Waals surface area contributed by atoms with Gasteiger partial charge in [-0.1, -0.05) is 58.4 Å². The summed E-state index contributed by atoms with van der Waals surface area (Å²) in [6.45, 7) is 0. The molecule has 0 spiro atoms. The fourth-order valence-corrected chi connectivity index (χ4v) is 3.56. The molecule has 20 heavy (non-hydrogen) atoms. The summed E-state index contributed by atoms with van der Waals surface area (Å²) in [4.78, 5) is 0. The summed E-state index contributed by atoms with van der Waals surface area (Å²) in [6.07, 6.45) is 1.04. The van der Waals surface area contributed by atoms with Crippen molar-refractivity contribution in [3.05, 3.63) is 76.3 Å². The Morgan fingerprint density at radius 3 is 2.40 bits per heavy atom. The van der Waals surface area contributed by atoms with Crippen molar-refractivity contribution in [2.75, 3.05) is 5.32 Å². The Balaban J connectivity index is 1.77. The molecule has 1 heterocycles. The van der Waals surface area contributed by atoms with Crippen LogP contribution in [0, 0.1) is 0 Å². The SMILES string of the molecule is Brc1ccccc1C1Cc2cc3ccccc3cc2N1. The predicted molar refractivity (Wildman–Crippen MR) is 88.2 cm³/mol. The number of anilines is 1. The van der Waals surface area contributed by atoms with Crippen LogP contribution >= 0.6 is 15.9 Å². The molecule has 0 aromatic heterocycles. The van der Waals surface area contributed by atoms with Gasteiger partial charge in [-0.2, -0.15) is 0 Å². The molecule has 0 saturated heterocycles. The maximum absolute atomic E-state index is 3.65. The maximum atomic E-state index is 3.65. The molecule has 3 aromatic carbocycles. The van der Waals surface area contributed by atoms with Crippen molar-refractivity contribution in [2.45, 2.75) is 12.5 Å². The van der Waals surface area contributed by atoms with Crippen LogP contribution in [0.15, 0.2) is 65.1 Å². The minimum atomic E-state index is 0.359. The molecule has 0 aliphatic carbocycles. The molecule has 1 aliphatic rings. The van der Waals surface area contributed by atoms with Crippen LogP contribution in [0.3, 0.4) is 0 Å². The Morgan fingerprint density at radius 1 is 0.900 bits per heavy atom. The Bertz CT molecular complexity index is 750. The highest BCUT2D eigenvalue weighted by molar-refractivity contribution is 9.10. The van der Waals surface area contributed by atoms with E-state index in [1.807, 2.05) is 0 Å². The zero-order valence-corrected chi connectivity index (χ0v) is 12.5. The van der Waals surface area contributed by atoms with Crippen LogP contribution in [0.2, 0.25) is 0 Å². The second kappa shape index (κ2) is 4.64. The summed E-state index contributed by atoms with van der Waals surface area (Å²) in [7, 11) is 0. The first-order chi connectivity index (χ1) is 9.81. The predicted octanol–water partition coefficient (Wildman–Crippen LogP) is 5.31. The summed E-state index contributed by atoms with van der Waals surface area (Å²) >= 11 is 3.65. The lowest BCUT2D eigenvalue weighted by Crippen LogP contribution is -2.06. The number of halogens is 1. The summed E-state index contributed by atoms with van der Waals surface area (Å²) in [5.74, 6) is 0. The molecule has 1 unspecified atom stereocenters. The van der Waals surface area contributed by atoms with Gasteiger partial charge in [0.1, 0.15) is 0 Å². The van der Waals surface area contributed by atoms with E-state index in [0.717, 1.165) is 6.42 Å². The molecule has 0 saturated carbocycles. The van der Waals surface area contributed by atoms with Crippen molar-refractivity contribution in [2.24, 2.45) is 0 Å². The molecule has 98 valence electrons. The van der Waals surface area contributed by atoms with Crippen LogP contribution < -0.4 is 5.32 Å². The highest BCUT2D eigenvalue weighted by atomic mass is 79.9. The van der Waals surface area contributed by atoms with Gasteiger partial charge in [-0.3, -0.25) is 0 Å². The second-order valence-corrected chi connectivity index (χ2v) is 6.13. The minimum Gasteiger partial charge on any atom is -0.378 e. The number of hydrogen-bond acceptors (Lipinski definition) is 1. The van der Waals surface area contributed by atoms with Gasteiger partial charge in [0, 0.05) is 10.2 Å². The second-order valence-electron chi connectivity index (χ2n) is 5.28. The average Bonchev–Trinajstić information content (AvgIpc) is 2.87. The first-order valence-electron chi connectivity index (χ1n) is 6.84. The van der Waals surface area contributed by atoms with Crippen molar-refractivity contribution in [3.8, 4) is 0 Å². The van der Waals surface area contributed by atoms with E-state index >= 15 is 0 Å². The molecule has 0 fully saturated rings. The topological polar surface area (TPSA) is 12.0 Å². The van der Waals surface area contributed by atoms with Crippen LogP contribution in [0.4, 0.5) is 5.69 Å². The van der Waals surface area contributed by atoms with Crippen LogP contribution in [-0.2, 0) is 6.42 Å². The van der Waals surface area contributed by atoms with Crippen molar-refractivity contribution >= 4 is 32.4 Å². The Morgan fingerprint density at radius 2 is 1.60 bits per heavy atom. The number of rotatable bonds is 1. The summed E-state index contributed by atoms with van der Waals surface area (Å²) < 4.78 is 1.18. The molecule has 3 aromatic rings. The van der Waals surface area contributed by atoms with Crippen molar-refractivity contribution in [1.82, 2.24) is 0 Å². The van der Waals surface area contributed by atoms with Gasteiger partial charge < -0.3 is 5.32 Å². The number of nitrogens with one attached hydrogen (secondary N) is 1. The van der Waals surface area contributed by atoms with E-state index in [4.69, 9.17) is 0 Å². The highest BCUT2D eigenvalue weighted by Gasteiger charge is 2.23. The molecule has 1 nitrogen and oxygen atoms in total. The van der Waals surface area contributed by atoms with Crippen LogP contribution in [-0.4, -0.2) is 0 Å². The van der Waals surface area contributed by atoms with E-state index in [-0.39, 0.29) is 0 Å². The number of hydrogen-bond donors (Lipinski definition) is 1. The van der Waals surface area contributed by atoms with Gasteiger partial charge in [0.15, 0.2) is 0 Å². The van der Waals surface area contributed by atoms with E-state index in [9.17, 15) is 0 Å². The van der Waals surface area contributed by atoms with Gasteiger partial charge in [0.2, 0.25) is 0 Å². The normalized spacial score (nSPS) is 16.9. The van der Waals surface area contributed by atoms with Gasteiger partial charge >= 0.3 is 0 Å².